The van der Waals surface area contributed by atoms with E-state index in [1.807, 2.05) is 60.7 Å². The summed E-state index contributed by atoms with van der Waals surface area (Å²) in [6.45, 7) is 3.45. The van der Waals surface area contributed by atoms with Crippen molar-refractivity contribution in [3.8, 4) is 0 Å². The fourth-order valence-corrected chi connectivity index (χ4v) is 6.31. The highest BCUT2D eigenvalue weighted by molar-refractivity contribution is 7.78. The summed E-state index contributed by atoms with van der Waals surface area (Å²) in [5.41, 5.74) is 0. The van der Waals surface area contributed by atoms with Gasteiger partial charge in [-0.2, -0.15) is 0 Å². The maximum Gasteiger partial charge on any atom is 0.328 e. The Morgan fingerprint density at radius 1 is 0.900 bits per heavy atom. The molecule has 2 rings (SSSR count). The molecule has 0 saturated carbocycles. The van der Waals surface area contributed by atoms with Crippen LogP contribution in [0.15, 0.2) is 60.7 Å². The molecule has 30 heavy (non-hydrogen) atoms. The number of esters is 1. The Morgan fingerprint density at radius 2 is 1.43 bits per heavy atom. The summed E-state index contributed by atoms with van der Waals surface area (Å²) in [5.74, 6) is -0.620. The quantitative estimate of drug-likeness (QED) is 0.314. The van der Waals surface area contributed by atoms with Gasteiger partial charge in [0.1, 0.15) is 13.2 Å². The molecule has 6 heteroatoms. The Balaban J connectivity index is 1.89. The maximum absolute atomic E-state index is 13.9. The van der Waals surface area contributed by atoms with E-state index in [1.54, 1.807) is 6.92 Å². The van der Waals surface area contributed by atoms with Crippen molar-refractivity contribution in [2.75, 3.05) is 12.8 Å². The number of unbranched alkanes of at least 4 members (excludes halogenated alkanes) is 3. The minimum Gasteiger partial charge on any atom is -0.464 e. The Hall–Kier alpha value is -2.39. The lowest BCUT2D eigenvalue weighted by Gasteiger charge is -2.19. The molecular formula is C24H32NO4P. The summed E-state index contributed by atoms with van der Waals surface area (Å²) in [7, 11) is -2.67. The second-order valence-electron chi connectivity index (χ2n) is 7.34. The molecule has 5 nitrogen and oxygen atoms in total. The monoisotopic (exact) mass is 429 g/mol. The molecule has 0 aliphatic heterocycles. The van der Waals surface area contributed by atoms with Crippen LogP contribution in [0.4, 0.5) is 0 Å². The number of carbonyl (C=O) groups is 2. The SMILES string of the molecule is CCOC(=O)[C@H](CCCCCCP(=O)(c1ccccc1)c1ccccc1)NC(C)=O. The predicted octanol–water partition coefficient (Wildman–Crippen LogP) is 4.02. The molecule has 0 radical (unpaired) electrons. The second kappa shape index (κ2) is 12.3. The van der Waals surface area contributed by atoms with Crippen LogP contribution in [0.1, 0.15) is 46.0 Å². The van der Waals surface area contributed by atoms with Gasteiger partial charge in [0.2, 0.25) is 5.91 Å². The van der Waals surface area contributed by atoms with E-state index in [-0.39, 0.29) is 11.9 Å². The molecule has 162 valence electrons. The predicted molar refractivity (Wildman–Crippen MR) is 122 cm³/mol. The van der Waals surface area contributed by atoms with Crippen molar-refractivity contribution in [3.63, 3.8) is 0 Å². The van der Waals surface area contributed by atoms with E-state index in [0.29, 0.717) is 19.2 Å². The molecule has 0 aliphatic carbocycles. The van der Waals surface area contributed by atoms with Crippen molar-refractivity contribution in [1.29, 1.82) is 0 Å². The average molecular weight is 429 g/mol. The third-order valence-corrected chi connectivity index (χ3v) is 8.22. The fraction of sp³-hybridized carbons (Fsp3) is 0.417. The van der Waals surface area contributed by atoms with Crippen LogP contribution in [-0.2, 0) is 18.9 Å². The van der Waals surface area contributed by atoms with E-state index in [9.17, 15) is 14.2 Å². The molecule has 0 unspecified atom stereocenters. The Labute approximate surface area is 179 Å². The molecule has 0 bridgehead atoms. The smallest absolute Gasteiger partial charge is 0.328 e. The number of hydrogen-bond acceptors (Lipinski definition) is 4. The first kappa shape index (κ1) is 23.9. The van der Waals surface area contributed by atoms with Crippen LogP contribution in [0.3, 0.4) is 0 Å². The summed E-state index contributed by atoms with van der Waals surface area (Å²) in [4.78, 5) is 23.3. The summed E-state index contributed by atoms with van der Waals surface area (Å²) in [6.07, 6.45) is 4.62. The van der Waals surface area contributed by atoms with E-state index < -0.39 is 13.2 Å². The minimum atomic E-state index is -2.67. The Bertz CT molecular complexity index is 795. The molecule has 1 atom stereocenters. The van der Waals surface area contributed by atoms with Crippen molar-refractivity contribution in [2.45, 2.75) is 52.0 Å². The van der Waals surface area contributed by atoms with Crippen LogP contribution in [0, 0.1) is 0 Å². The number of nitrogens with one attached hydrogen (secondary N) is 1. The largest absolute Gasteiger partial charge is 0.464 e. The van der Waals surface area contributed by atoms with Crippen molar-refractivity contribution in [3.05, 3.63) is 60.7 Å². The van der Waals surface area contributed by atoms with Gasteiger partial charge in [-0.15, -0.1) is 0 Å². The third kappa shape index (κ3) is 7.14. The molecule has 1 N–H and O–H groups in total. The minimum absolute atomic E-state index is 0.236. The number of rotatable bonds is 12. The maximum atomic E-state index is 13.9. The molecule has 0 aliphatic rings. The van der Waals surface area contributed by atoms with Gasteiger partial charge in [-0.05, 0) is 19.8 Å². The zero-order valence-corrected chi connectivity index (χ0v) is 18.8. The van der Waals surface area contributed by atoms with Crippen LogP contribution in [0.5, 0.6) is 0 Å². The van der Waals surface area contributed by atoms with Gasteiger partial charge in [-0.1, -0.05) is 79.9 Å². The lowest BCUT2D eigenvalue weighted by atomic mass is 10.1. The summed E-state index contributed by atoms with van der Waals surface area (Å²) >= 11 is 0. The zero-order valence-electron chi connectivity index (χ0n) is 17.9. The molecule has 0 aromatic heterocycles. The van der Waals surface area contributed by atoms with Crippen molar-refractivity contribution >= 4 is 29.6 Å². The number of benzene rings is 2. The highest BCUT2D eigenvalue weighted by Gasteiger charge is 2.26. The van der Waals surface area contributed by atoms with Gasteiger partial charge in [-0.25, -0.2) is 4.79 Å². The van der Waals surface area contributed by atoms with Gasteiger partial charge in [0.25, 0.3) is 0 Å². The number of amides is 1. The lowest BCUT2D eigenvalue weighted by Crippen LogP contribution is -2.40. The zero-order chi connectivity index (χ0) is 21.8. The van der Waals surface area contributed by atoms with Crippen molar-refractivity contribution < 1.29 is 18.9 Å². The standard InChI is InChI=1S/C24H32NO4P/c1-3-29-24(27)23(25-20(2)26)18-12-4-5-13-19-30(28,21-14-8-6-9-15-21)22-16-10-7-11-17-22/h6-11,14-17,23H,3-5,12-13,18-19H2,1-2H3,(H,25,26)/t23-/m0/s1. The van der Waals surface area contributed by atoms with Crippen LogP contribution in [0.2, 0.25) is 0 Å². The van der Waals surface area contributed by atoms with E-state index >= 15 is 0 Å². The van der Waals surface area contributed by atoms with Crippen LogP contribution < -0.4 is 15.9 Å². The van der Waals surface area contributed by atoms with E-state index in [4.69, 9.17) is 4.74 Å². The highest BCUT2D eigenvalue weighted by Crippen LogP contribution is 2.44. The summed E-state index contributed by atoms with van der Waals surface area (Å²) in [5, 5.41) is 4.45. The topological polar surface area (TPSA) is 72.5 Å². The molecule has 1 amide bonds. The van der Waals surface area contributed by atoms with E-state index in [1.165, 1.54) is 6.92 Å². The number of ether oxygens (including phenoxy) is 1. The van der Waals surface area contributed by atoms with Crippen molar-refractivity contribution in [2.24, 2.45) is 0 Å². The van der Waals surface area contributed by atoms with Crippen LogP contribution in [0.25, 0.3) is 0 Å². The van der Waals surface area contributed by atoms with E-state index in [2.05, 4.69) is 5.32 Å². The van der Waals surface area contributed by atoms with Gasteiger partial charge >= 0.3 is 5.97 Å². The first-order chi connectivity index (χ1) is 14.5. The van der Waals surface area contributed by atoms with Gasteiger partial charge in [0.15, 0.2) is 0 Å². The van der Waals surface area contributed by atoms with Gasteiger partial charge in [0.05, 0.1) is 6.61 Å². The molecule has 2 aromatic rings. The van der Waals surface area contributed by atoms with E-state index in [0.717, 1.165) is 36.3 Å². The first-order valence-corrected chi connectivity index (χ1v) is 12.5. The lowest BCUT2D eigenvalue weighted by molar-refractivity contribution is -0.147. The normalized spacial score (nSPS) is 12.2. The average Bonchev–Trinajstić information content (AvgIpc) is 2.76. The van der Waals surface area contributed by atoms with Crippen LogP contribution >= 0.6 is 7.14 Å². The van der Waals surface area contributed by atoms with Crippen LogP contribution in [-0.4, -0.2) is 30.7 Å². The molecule has 0 spiro atoms. The Kier molecular flexibility index (Phi) is 9.82. The van der Waals surface area contributed by atoms with Gasteiger partial charge in [0, 0.05) is 23.7 Å². The number of carbonyl (C=O) groups excluding carboxylic acids is 2. The summed E-state index contributed by atoms with van der Waals surface area (Å²) < 4.78 is 19.0. The van der Waals surface area contributed by atoms with Crippen molar-refractivity contribution in [1.82, 2.24) is 5.32 Å². The molecule has 0 fully saturated rings. The first-order valence-electron chi connectivity index (χ1n) is 10.6. The van der Waals surface area contributed by atoms with Gasteiger partial charge in [-0.3, -0.25) is 4.79 Å². The molecule has 2 aromatic carbocycles. The molecule has 0 saturated heterocycles. The van der Waals surface area contributed by atoms with Gasteiger partial charge < -0.3 is 14.6 Å². The summed E-state index contributed by atoms with van der Waals surface area (Å²) in [6, 6.07) is 18.8. The third-order valence-electron chi connectivity index (χ3n) is 5.01. The molecular weight excluding hydrogens is 397 g/mol. The molecule has 0 heterocycles. The Morgan fingerprint density at radius 3 is 1.93 bits per heavy atom. The highest BCUT2D eigenvalue weighted by atomic mass is 31.2. The second-order valence-corrected chi connectivity index (χ2v) is 10.3. The fourth-order valence-electron chi connectivity index (χ4n) is 3.52. The number of hydrogen-bond donors (Lipinski definition) is 1.